The lowest BCUT2D eigenvalue weighted by Crippen LogP contribution is -2.41. The van der Waals surface area contributed by atoms with Gasteiger partial charge in [0.1, 0.15) is 0 Å². The van der Waals surface area contributed by atoms with Crippen LogP contribution in [-0.2, 0) is 4.74 Å². The summed E-state index contributed by atoms with van der Waals surface area (Å²) in [6, 6.07) is 0.131. The molecule has 1 atom stereocenters. The highest BCUT2D eigenvalue weighted by molar-refractivity contribution is 5.33. The molecule has 1 aliphatic heterocycles. The second-order valence-corrected chi connectivity index (χ2v) is 4.18. The minimum Gasteiger partial charge on any atom is -0.379 e. The van der Waals surface area contributed by atoms with Crippen molar-refractivity contribution in [2.24, 2.45) is 0 Å². The topological polar surface area (TPSA) is 55.6 Å². The third kappa shape index (κ3) is 2.81. The second kappa shape index (κ2) is 5.25. The molecule has 0 aromatic heterocycles. The molecule has 0 aromatic carbocycles. The van der Waals surface area contributed by atoms with Gasteiger partial charge in [-0.2, -0.15) is 0 Å². The smallest absolute Gasteiger partial charge is 0.272 e. The van der Waals surface area contributed by atoms with Gasteiger partial charge in [-0.15, -0.1) is 0 Å². The number of nitrogens with zero attached hydrogens (tertiary/aromatic N) is 2. The molecule has 0 bridgehead atoms. The molecule has 2 rings (SSSR count). The summed E-state index contributed by atoms with van der Waals surface area (Å²) in [4.78, 5) is 12.8. The lowest BCUT2D eigenvalue weighted by Gasteiger charge is -2.30. The van der Waals surface area contributed by atoms with Gasteiger partial charge in [0.2, 0.25) is 0 Å². The van der Waals surface area contributed by atoms with E-state index in [1.54, 1.807) is 13.0 Å². The fraction of sp³-hybridized carbons (Fsp3) is 0.500. The van der Waals surface area contributed by atoms with Crippen LogP contribution in [0.1, 0.15) is 6.92 Å². The quantitative estimate of drug-likeness (QED) is 0.536. The van der Waals surface area contributed by atoms with Crippen molar-refractivity contribution in [3.8, 4) is 0 Å². The van der Waals surface area contributed by atoms with Crippen LogP contribution in [-0.4, -0.2) is 42.2 Å². The number of morpholine rings is 1. The summed E-state index contributed by atoms with van der Waals surface area (Å²) in [5.41, 5.74) is 0.874. The molecule has 0 aromatic rings. The fourth-order valence-corrected chi connectivity index (χ4v) is 2.04. The standard InChI is InChI=1S/C12H16N2O3/c1-10-2-3-11(4-5-12(10)14(15)16)13-6-8-17-9-7-13/h2-5,11H,6-9H2,1H3. The Morgan fingerprint density at radius 2 is 2.00 bits per heavy atom. The lowest BCUT2D eigenvalue weighted by molar-refractivity contribution is -0.419. The Kier molecular flexibility index (Phi) is 3.71. The zero-order chi connectivity index (χ0) is 12.3. The van der Waals surface area contributed by atoms with Crippen molar-refractivity contribution in [1.29, 1.82) is 0 Å². The van der Waals surface area contributed by atoms with Crippen molar-refractivity contribution >= 4 is 0 Å². The van der Waals surface area contributed by atoms with E-state index in [1.807, 2.05) is 18.2 Å². The van der Waals surface area contributed by atoms with Gasteiger partial charge in [0.05, 0.1) is 18.1 Å². The molecule has 1 aliphatic carbocycles. The Morgan fingerprint density at radius 1 is 1.35 bits per heavy atom. The Labute approximate surface area is 100 Å². The van der Waals surface area contributed by atoms with Crippen molar-refractivity contribution in [2.45, 2.75) is 13.0 Å². The van der Waals surface area contributed by atoms with Crippen molar-refractivity contribution in [1.82, 2.24) is 4.90 Å². The number of ether oxygens (including phenoxy) is 1. The molecule has 1 unspecified atom stereocenters. The maximum atomic E-state index is 10.8. The van der Waals surface area contributed by atoms with Gasteiger partial charge < -0.3 is 4.74 Å². The molecule has 2 aliphatic rings. The Morgan fingerprint density at radius 3 is 2.65 bits per heavy atom. The summed E-state index contributed by atoms with van der Waals surface area (Å²) in [5.74, 6) is 0. The third-order valence-electron chi connectivity index (χ3n) is 3.06. The number of nitro groups is 1. The average molecular weight is 236 g/mol. The number of hydrogen-bond donors (Lipinski definition) is 0. The van der Waals surface area contributed by atoms with E-state index in [4.69, 9.17) is 4.74 Å². The van der Waals surface area contributed by atoms with E-state index in [-0.39, 0.29) is 16.7 Å². The second-order valence-electron chi connectivity index (χ2n) is 4.18. The third-order valence-corrected chi connectivity index (χ3v) is 3.06. The predicted octanol–water partition coefficient (Wildman–Crippen LogP) is 1.36. The van der Waals surface area contributed by atoms with Gasteiger partial charge in [0.15, 0.2) is 0 Å². The monoisotopic (exact) mass is 236 g/mol. The van der Waals surface area contributed by atoms with Crippen molar-refractivity contribution in [3.63, 3.8) is 0 Å². The molecule has 92 valence electrons. The SMILES string of the molecule is CC1=C([N+](=O)[O-])C=CC(N2CCOCC2)C=C1. The van der Waals surface area contributed by atoms with E-state index in [1.165, 1.54) is 0 Å². The van der Waals surface area contributed by atoms with Crippen LogP contribution in [0.15, 0.2) is 35.6 Å². The minimum absolute atomic E-state index is 0.131. The Balaban J connectivity index is 2.13. The van der Waals surface area contributed by atoms with Crippen LogP contribution in [0.4, 0.5) is 0 Å². The van der Waals surface area contributed by atoms with Crippen LogP contribution in [0, 0.1) is 10.1 Å². The molecule has 5 nitrogen and oxygen atoms in total. The predicted molar refractivity (Wildman–Crippen MR) is 64.2 cm³/mol. The zero-order valence-corrected chi connectivity index (χ0v) is 9.83. The molecule has 17 heavy (non-hydrogen) atoms. The summed E-state index contributed by atoms with van der Waals surface area (Å²) >= 11 is 0. The molecule has 0 spiro atoms. The lowest BCUT2D eigenvalue weighted by atomic mass is 10.2. The van der Waals surface area contributed by atoms with Gasteiger partial charge in [-0.1, -0.05) is 18.2 Å². The summed E-state index contributed by atoms with van der Waals surface area (Å²) < 4.78 is 5.29. The number of hydrogen-bond acceptors (Lipinski definition) is 4. The molecular weight excluding hydrogens is 220 g/mol. The van der Waals surface area contributed by atoms with E-state index < -0.39 is 0 Å². The molecule has 1 heterocycles. The van der Waals surface area contributed by atoms with E-state index >= 15 is 0 Å². The van der Waals surface area contributed by atoms with E-state index in [9.17, 15) is 10.1 Å². The highest BCUT2D eigenvalue weighted by Crippen LogP contribution is 2.16. The Hall–Kier alpha value is -1.46. The highest BCUT2D eigenvalue weighted by atomic mass is 16.6. The van der Waals surface area contributed by atoms with E-state index in [0.717, 1.165) is 26.3 Å². The molecule has 0 radical (unpaired) electrons. The summed E-state index contributed by atoms with van der Waals surface area (Å²) in [6.07, 6.45) is 7.33. The first-order chi connectivity index (χ1) is 8.18. The first kappa shape index (κ1) is 12.0. The molecule has 1 fully saturated rings. The summed E-state index contributed by atoms with van der Waals surface area (Å²) in [7, 11) is 0. The maximum Gasteiger partial charge on any atom is 0.272 e. The van der Waals surface area contributed by atoms with Crippen LogP contribution >= 0.6 is 0 Å². The van der Waals surface area contributed by atoms with E-state index in [2.05, 4.69) is 4.90 Å². The van der Waals surface area contributed by atoms with Gasteiger partial charge in [0, 0.05) is 30.8 Å². The van der Waals surface area contributed by atoms with Crippen LogP contribution in [0.2, 0.25) is 0 Å². The molecule has 0 saturated carbocycles. The van der Waals surface area contributed by atoms with E-state index in [0.29, 0.717) is 5.57 Å². The molecule has 5 heteroatoms. The molecule has 0 N–H and O–H groups in total. The number of allylic oxidation sites excluding steroid dienone is 3. The van der Waals surface area contributed by atoms with Crippen molar-refractivity contribution < 1.29 is 9.66 Å². The molecule has 1 saturated heterocycles. The normalized spacial score (nSPS) is 26.1. The minimum atomic E-state index is -0.335. The van der Waals surface area contributed by atoms with Gasteiger partial charge in [0.25, 0.3) is 5.70 Å². The zero-order valence-electron chi connectivity index (χ0n) is 9.83. The van der Waals surface area contributed by atoms with Crippen molar-refractivity contribution in [2.75, 3.05) is 26.3 Å². The van der Waals surface area contributed by atoms with Crippen molar-refractivity contribution in [3.05, 3.63) is 45.7 Å². The van der Waals surface area contributed by atoms with Gasteiger partial charge in [-0.3, -0.25) is 15.0 Å². The van der Waals surface area contributed by atoms with Crippen LogP contribution in [0.3, 0.4) is 0 Å². The molecule has 0 amide bonds. The largest absolute Gasteiger partial charge is 0.379 e. The van der Waals surface area contributed by atoms with Gasteiger partial charge in [-0.25, -0.2) is 0 Å². The average Bonchev–Trinajstić information content (AvgIpc) is 2.52. The first-order valence-corrected chi connectivity index (χ1v) is 5.72. The van der Waals surface area contributed by atoms with Crippen LogP contribution in [0.25, 0.3) is 0 Å². The first-order valence-electron chi connectivity index (χ1n) is 5.72. The summed E-state index contributed by atoms with van der Waals surface area (Å²) in [5, 5.41) is 10.8. The molecular formula is C12H16N2O3. The fourth-order valence-electron chi connectivity index (χ4n) is 2.04. The van der Waals surface area contributed by atoms with Gasteiger partial charge in [-0.05, 0) is 6.92 Å². The van der Waals surface area contributed by atoms with Crippen LogP contribution < -0.4 is 0 Å². The highest BCUT2D eigenvalue weighted by Gasteiger charge is 2.20. The number of rotatable bonds is 2. The maximum absolute atomic E-state index is 10.8. The Bertz CT molecular complexity index is 393. The van der Waals surface area contributed by atoms with Gasteiger partial charge >= 0.3 is 0 Å². The summed E-state index contributed by atoms with van der Waals surface area (Å²) in [6.45, 7) is 4.96. The van der Waals surface area contributed by atoms with Crippen LogP contribution in [0.5, 0.6) is 0 Å².